The van der Waals surface area contributed by atoms with Crippen LogP contribution in [0.5, 0.6) is 5.75 Å². The molecule has 1 fully saturated rings. The molecule has 0 aliphatic carbocycles. The maximum Gasteiger partial charge on any atom is 0.253 e. The van der Waals surface area contributed by atoms with Crippen molar-refractivity contribution < 1.29 is 9.53 Å². The first kappa shape index (κ1) is 13.8. The predicted molar refractivity (Wildman–Crippen MR) is 85.1 cm³/mol. The van der Waals surface area contributed by atoms with Crippen LogP contribution in [-0.4, -0.2) is 30.5 Å². The number of benzene rings is 2. The number of hydrogen-bond acceptors (Lipinski definition) is 3. The quantitative estimate of drug-likeness (QED) is 0.814. The molecule has 114 valence electrons. The Morgan fingerprint density at radius 2 is 2.00 bits per heavy atom. The molecule has 1 saturated heterocycles. The second-order valence-corrected chi connectivity index (χ2v) is 6.43. The van der Waals surface area contributed by atoms with Gasteiger partial charge in [-0.25, -0.2) is 0 Å². The van der Waals surface area contributed by atoms with Crippen molar-refractivity contribution >= 4 is 5.91 Å². The van der Waals surface area contributed by atoms with E-state index in [9.17, 15) is 4.79 Å². The number of para-hydroxylation sites is 1. The largest absolute Gasteiger partial charge is 0.493 e. The summed E-state index contributed by atoms with van der Waals surface area (Å²) in [4.78, 5) is 14.4. The Morgan fingerprint density at radius 3 is 2.83 bits per heavy atom. The summed E-state index contributed by atoms with van der Waals surface area (Å²) in [7, 11) is 0. The number of rotatable bonds is 1. The molecule has 0 bridgehead atoms. The predicted octanol–water partition coefficient (Wildman–Crippen LogP) is 2.64. The minimum atomic E-state index is -0.00779. The van der Waals surface area contributed by atoms with Crippen LogP contribution in [0.3, 0.4) is 0 Å². The van der Waals surface area contributed by atoms with Crippen LogP contribution in [0.1, 0.15) is 21.5 Å². The molecule has 0 saturated carbocycles. The Kier molecular flexibility index (Phi) is 3.09. The number of hydrogen-bond donors (Lipinski definition) is 0. The summed E-state index contributed by atoms with van der Waals surface area (Å²) in [6, 6.07) is 17.0. The van der Waals surface area contributed by atoms with E-state index in [2.05, 4.69) is 12.1 Å². The van der Waals surface area contributed by atoms with Gasteiger partial charge in [-0.1, -0.05) is 24.3 Å². The summed E-state index contributed by atoms with van der Waals surface area (Å²) >= 11 is 0. The minimum Gasteiger partial charge on any atom is -0.493 e. The van der Waals surface area contributed by atoms with Gasteiger partial charge in [-0.3, -0.25) is 4.79 Å². The Balaban J connectivity index is 1.47. The molecule has 1 spiro atoms. The van der Waals surface area contributed by atoms with Crippen molar-refractivity contribution in [3.8, 4) is 11.8 Å². The fourth-order valence-electron chi connectivity index (χ4n) is 3.49. The third-order valence-corrected chi connectivity index (χ3v) is 4.65. The molecule has 2 aliphatic heterocycles. The average molecular weight is 304 g/mol. The van der Waals surface area contributed by atoms with Gasteiger partial charge in [0, 0.05) is 24.1 Å². The summed E-state index contributed by atoms with van der Waals surface area (Å²) in [5.41, 5.74) is 2.35. The van der Waals surface area contributed by atoms with Crippen LogP contribution in [0, 0.1) is 16.7 Å². The molecule has 0 atom stereocenters. The summed E-state index contributed by atoms with van der Waals surface area (Å²) in [5.74, 6) is 0.955. The van der Waals surface area contributed by atoms with E-state index in [-0.39, 0.29) is 11.3 Å². The van der Waals surface area contributed by atoms with E-state index in [4.69, 9.17) is 10.00 Å². The fourth-order valence-corrected chi connectivity index (χ4v) is 3.49. The first-order chi connectivity index (χ1) is 11.2. The molecule has 0 radical (unpaired) electrons. The minimum absolute atomic E-state index is 0.00779. The molecule has 2 aromatic rings. The van der Waals surface area contributed by atoms with Gasteiger partial charge in [0.15, 0.2) is 0 Å². The lowest BCUT2D eigenvalue weighted by Gasteiger charge is -2.51. The van der Waals surface area contributed by atoms with E-state index >= 15 is 0 Å². The Bertz CT molecular complexity index is 816. The Hall–Kier alpha value is -2.80. The highest BCUT2D eigenvalue weighted by atomic mass is 16.5. The van der Waals surface area contributed by atoms with Crippen molar-refractivity contribution in [2.45, 2.75) is 6.42 Å². The van der Waals surface area contributed by atoms with E-state index in [1.54, 1.807) is 24.3 Å². The fraction of sp³-hybridized carbons (Fsp3) is 0.263. The van der Waals surface area contributed by atoms with Gasteiger partial charge in [-0.2, -0.15) is 5.26 Å². The molecule has 2 heterocycles. The van der Waals surface area contributed by atoms with Gasteiger partial charge in [0.2, 0.25) is 0 Å². The maximum atomic E-state index is 12.5. The number of carbonyl (C=O) groups is 1. The van der Waals surface area contributed by atoms with Crippen molar-refractivity contribution in [1.82, 2.24) is 4.90 Å². The first-order valence-electron chi connectivity index (χ1n) is 7.69. The van der Waals surface area contributed by atoms with Crippen LogP contribution >= 0.6 is 0 Å². The van der Waals surface area contributed by atoms with E-state index in [1.165, 1.54) is 5.56 Å². The van der Waals surface area contributed by atoms with Crippen molar-refractivity contribution in [2.24, 2.45) is 5.41 Å². The number of ether oxygens (including phenoxy) is 1. The standard InChI is InChI=1S/C19H16N2O2/c20-10-14-4-3-6-15(8-14)18(22)21-11-19(12-21)9-16-5-1-2-7-17(16)23-13-19/h1-8H,9,11-13H2. The summed E-state index contributed by atoms with van der Waals surface area (Å²) < 4.78 is 5.87. The third kappa shape index (κ3) is 2.35. The molecule has 0 aromatic heterocycles. The number of fused-ring (bicyclic) bond motifs is 1. The van der Waals surface area contributed by atoms with Crippen LogP contribution in [0.15, 0.2) is 48.5 Å². The molecule has 0 unspecified atom stereocenters. The molecular formula is C19H16N2O2. The number of likely N-dealkylation sites (tertiary alicyclic amines) is 1. The SMILES string of the molecule is N#Cc1cccc(C(=O)N2CC3(COc4ccccc4C3)C2)c1. The first-order valence-corrected chi connectivity index (χ1v) is 7.69. The van der Waals surface area contributed by atoms with Crippen LogP contribution in [0.4, 0.5) is 0 Å². The second-order valence-electron chi connectivity index (χ2n) is 6.43. The monoisotopic (exact) mass is 304 g/mol. The van der Waals surface area contributed by atoms with Crippen LogP contribution in [0.25, 0.3) is 0 Å². The zero-order valence-corrected chi connectivity index (χ0v) is 12.7. The molecule has 2 aliphatic rings. The number of amides is 1. The van der Waals surface area contributed by atoms with Crippen LogP contribution < -0.4 is 4.74 Å². The molecule has 1 amide bonds. The Morgan fingerprint density at radius 1 is 1.17 bits per heavy atom. The normalized spacial score (nSPS) is 17.6. The van der Waals surface area contributed by atoms with Crippen molar-refractivity contribution in [1.29, 1.82) is 5.26 Å². The summed E-state index contributed by atoms with van der Waals surface area (Å²) in [6.45, 7) is 2.07. The third-order valence-electron chi connectivity index (χ3n) is 4.65. The van der Waals surface area contributed by atoms with Gasteiger partial charge in [0.25, 0.3) is 5.91 Å². The van der Waals surface area contributed by atoms with Gasteiger partial charge >= 0.3 is 0 Å². The summed E-state index contributed by atoms with van der Waals surface area (Å²) in [6.07, 6.45) is 0.950. The van der Waals surface area contributed by atoms with Crippen molar-refractivity contribution in [3.63, 3.8) is 0 Å². The van der Waals surface area contributed by atoms with E-state index in [0.29, 0.717) is 30.8 Å². The molecule has 4 rings (SSSR count). The van der Waals surface area contributed by atoms with Gasteiger partial charge < -0.3 is 9.64 Å². The number of carbonyl (C=O) groups excluding carboxylic acids is 1. The molecule has 4 heteroatoms. The van der Waals surface area contributed by atoms with Crippen LogP contribution in [0.2, 0.25) is 0 Å². The maximum absolute atomic E-state index is 12.5. The van der Waals surface area contributed by atoms with Crippen molar-refractivity contribution in [3.05, 3.63) is 65.2 Å². The van der Waals surface area contributed by atoms with Crippen LogP contribution in [-0.2, 0) is 6.42 Å². The van der Waals surface area contributed by atoms with E-state index < -0.39 is 0 Å². The lowest BCUT2D eigenvalue weighted by molar-refractivity contribution is -0.0290. The topological polar surface area (TPSA) is 53.3 Å². The number of nitriles is 1. The van der Waals surface area contributed by atoms with Gasteiger partial charge in [0.05, 0.1) is 18.2 Å². The highest BCUT2D eigenvalue weighted by Crippen LogP contribution is 2.41. The molecule has 23 heavy (non-hydrogen) atoms. The van der Waals surface area contributed by atoms with Crippen molar-refractivity contribution in [2.75, 3.05) is 19.7 Å². The van der Waals surface area contributed by atoms with Gasteiger partial charge in [-0.15, -0.1) is 0 Å². The molecule has 0 N–H and O–H groups in total. The number of nitrogens with zero attached hydrogens (tertiary/aromatic N) is 2. The molecule has 4 nitrogen and oxygen atoms in total. The van der Waals surface area contributed by atoms with Gasteiger partial charge in [-0.05, 0) is 36.2 Å². The zero-order valence-electron chi connectivity index (χ0n) is 12.7. The van der Waals surface area contributed by atoms with Gasteiger partial charge in [0.1, 0.15) is 5.75 Å². The highest BCUT2D eigenvalue weighted by Gasteiger charge is 2.48. The highest BCUT2D eigenvalue weighted by molar-refractivity contribution is 5.95. The summed E-state index contributed by atoms with van der Waals surface area (Å²) in [5, 5.41) is 8.95. The Labute approximate surface area is 134 Å². The second kappa shape index (κ2) is 5.13. The molecule has 2 aromatic carbocycles. The lowest BCUT2D eigenvalue weighted by Crippen LogP contribution is -2.62. The van der Waals surface area contributed by atoms with E-state index in [1.807, 2.05) is 23.1 Å². The van der Waals surface area contributed by atoms with E-state index in [0.717, 1.165) is 12.2 Å². The zero-order chi connectivity index (χ0) is 15.9. The average Bonchev–Trinajstić information content (AvgIpc) is 2.58. The molecular weight excluding hydrogens is 288 g/mol. The smallest absolute Gasteiger partial charge is 0.253 e. The lowest BCUT2D eigenvalue weighted by atomic mass is 9.73.